The van der Waals surface area contributed by atoms with E-state index in [4.69, 9.17) is 9.47 Å². The molecule has 2 aliphatic heterocycles. The van der Waals surface area contributed by atoms with Gasteiger partial charge in [-0.05, 0) is 56.0 Å². The Morgan fingerprint density at radius 2 is 2.14 bits per heavy atom. The summed E-state index contributed by atoms with van der Waals surface area (Å²) in [5.74, 6) is 0.824. The van der Waals surface area contributed by atoms with E-state index in [0.717, 1.165) is 31.5 Å². The van der Waals surface area contributed by atoms with Crippen LogP contribution in [0.5, 0.6) is 11.6 Å². The van der Waals surface area contributed by atoms with Crippen LogP contribution in [0.1, 0.15) is 37.9 Å². The number of aromatic nitrogens is 1. The smallest absolute Gasteiger partial charge is 0.242 e. The number of ether oxygens (including phenoxy) is 2. The zero-order valence-corrected chi connectivity index (χ0v) is 17.0. The first-order valence-electron chi connectivity index (χ1n) is 9.98. The van der Waals surface area contributed by atoms with Gasteiger partial charge >= 0.3 is 0 Å². The monoisotopic (exact) mass is 399 g/mol. The molecule has 4 rings (SSSR count). The molecule has 2 saturated heterocycles. The summed E-state index contributed by atoms with van der Waals surface area (Å²) in [6.45, 7) is 3.15. The minimum atomic E-state index is -0.509. The molecule has 1 amide bonds. The summed E-state index contributed by atoms with van der Waals surface area (Å²) in [4.78, 5) is 19.0. The fraction of sp³-hybridized carbons (Fsp3) is 0.455. The Hall–Kier alpha value is -2.67. The predicted octanol–water partition coefficient (Wildman–Crippen LogP) is 3.32. The summed E-state index contributed by atoms with van der Waals surface area (Å²) in [5, 5.41) is 3.51. The number of nitrogens with one attached hydrogen (secondary N) is 1. The largest absolute Gasteiger partial charge is 0.494 e. The number of likely N-dealkylation sites (N-methyl/N-ethyl adjacent to an activating group) is 1. The third kappa shape index (κ3) is 3.55. The van der Waals surface area contributed by atoms with Crippen molar-refractivity contribution in [2.24, 2.45) is 0 Å². The van der Waals surface area contributed by atoms with Crippen molar-refractivity contribution in [1.82, 2.24) is 15.2 Å². The van der Waals surface area contributed by atoms with Crippen LogP contribution in [0.15, 0.2) is 30.3 Å². The van der Waals surface area contributed by atoms with Crippen molar-refractivity contribution in [3.05, 3.63) is 41.8 Å². The summed E-state index contributed by atoms with van der Waals surface area (Å²) in [5.41, 5.74) is 1.34. The minimum Gasteiger partial charge on any atom is -0.494 e. The summed E-state index contributed by atoms with van der Waals surface area (Å²) in [6.07, 6.45) is 2.35. The summed E-state index contributed by atoms with van der Waals surface area (Å²) < 4.78 is 25.5. The number of methoxy groups -OCH3 is 1. The van der Waals surface area contributed by atoms with Gasteiger partial charge in [0, 0.05) is 25.2 Å². The lowest BCUT2D eigenvalue weighted by Gasteiger charge is -2.23. The van der Waals surface area contributed by atoms with Gasteiger partial charge < -0.3 is 14.4 Å². The molecule has 2 atom stereocenters. The number of pyridine rings is 1. The van der Waals surface area contributed by atoms with Gasteiger partial charge in [-0.1, -0.05) is 0 Å². The number of carbonyl (C=O) groups is 1. The van der Waals surface area contributed by atoms with Crippen LogP contribution in [0.2, 0.25) is 0 Å². The van der Waals surface area contributed by atoms with Crippen molar-refractivity contribution in [3.63, 3.8) is 0 Å². The second kappa shape index (κ2) is 7.63. The Labute approximate surface area is 170 Å². The van der Waals surface area contributed by atoms with Crippen LogP contribution in [0, 0.1) is 5.82 Å². The van der Waals surface area contributed by atoms with Gasteiger partial charge in [0.1, 0.15) is 17.1 Å². The van der Waals surface area contributed by atoms with E-state index < -0.39 is 5.54 Å². The summed E-state index contributed by atoms with van der Waals surface area (Å²) in [7, 11) is 3.38. The molecule has 6 nitrogen and oxygen atoms in total. The fourth-order valence-corrected chi connectivity index (χ4v) is 4.34. The zero-order valence-electron chi connectivity index (χ0n) is 17.0. The fourth-order valence-electron chi connectivity index (χ4n) is 4.34. The van der Waals surface area contributed by atoms with Gasteiger partial charge in [-0.15, -0.1) is 0 Å². The highest BCUT2D eigenvalue weighted by Gasteiger charge is 2.50. The molecule has 3 heterocycles. The molecule has 0 unspecified atom stereocenters. The standard InChI is InChI=1S/C22H26FN3O3/c1-4-29-15-5-6-17(23)16(13-15)14-11-19(24-20(12-14)28-3)18-7-8-22(25-18)9-10-26(2)21(22)27/h5-6,11-13,18,25H,4,7-10H2,1-3H3/t18-,22-/m0/s1. The first kappa shape index (κ1) is 19.6. The van der Waals surface area contributed by atoms with E-state index in [1.54, 1.807) is 30.2 Å². The molecule has 1 N–H and O–H groups in total. The van der Waals surface area contributed by atoms with Crippen LogP contribution < -0.4 is 14.8 Å². The van der Waals surface area contributed by atoms with Crippen molar-refractivity contribution in [3.8, 4) is 22.8 Å². The molecule has 7 heteroatoms. The van der Waals surface area contributed by atoms with Crippen LogP contribution >= 0.6 is 0 Å². The average molecular weight is 399 g/mol. The Kier molecular flexibility index (Phi) is 5.17. The van der Waals surface area contributed by atoms with Crippen LogP contribution in [-0.2, 0) is 4.79 Å². The predicted molar refractivity (Wildman–Crippen MR) is 107 cm³/mol. The molecular formula is C22H26FN3O3. The number of nitrogens with zero attached hydrogens (tertiary/aromatic N) is 2. The van der Waals surface area contributed by atoms with Gasteiger partial charge in [0.25, 0.3) is 0 Å². The Balaban J connectivity index is 1.69. The molecule has 0 bridgehead atoms. The number of benzene rings is 1. The normalized spacial score (nSPS) is 23.8. The van der Waals surface area contributed by atoms with E-state index >= 15 is 0 Å². The molecule has 0 saturated carbocycles. The maximum absolute atomic E-state index is 14.6. The molecule has 2 aliphatic rings. The lowest BCUT2D eigenvalue weighted by atomic mass is 9.96. The number of halogens is 1. The lowest BCUT2D eigenvalue weighted by molar-refractivity contribution is -0.131. The molecule has 1 aromatic heterocycles. The van der Waals surface area contributed by atoms with Gasteiger partial charge in [0.15, 0.2) is 0 Å². The summed E-state index contributed by atoms with van der Waals surface area (Å²) >= 11 is 0. The number of rotatable bonds is 5. The van der Waals surface area contributed by atoms with Gasteiger partial charge in [-0.3, -0.25) is 10.1 Å². The van der Waals surface area contributed by atoms with Crippen molar-refractivity contribution in [1.29, 1.82) is 0 Å². The van der Waals surface area contributed by atoms with Gasteiger partial charge in [0.2, 0.25) is 11.8 Å². The van der Waals surface area contributed by atoms with E-state index in [0.29, 0.717) is 29.4 Å². The van der Waals surface area contributed by atoms with Crippen LogP contribution in [0.25, 0.3) is 11.1 Å². The zero-order chi connectivity index (χ0) is 20.6. The van der Waals surface area contributed by atoms with Crippen molar-refractivity contribution in [2.45, 2.75) is 37.8 Å². The number of carbonyl (C=O) groups excluding carboxylic acids is 1. The highest BCUT2D eigenvalue weighted by Crippen LogP contribution is 2.40. The highest BCUT2D eigenvalue weighted by atomic mass is 19.1. The molecule has 0 aliphatic carbocycles. The topological polar surface area (TPSA) is 63.7 Å². The SMILES string of the molecule is CCOc1ccc(F)c(-c2cc(OC)nc([C@@H]3CC[C@@]4(CCN(C)C4=O)N3)c2)c1. The summed E-state index contributed by atoms with van der Waals surface area (Å²) in [6, 6.07) is 8.22. The van der Waals surface area contributed by atoms with Crippen molar-refractivity contribution >= 4 is 5.91 Å². The third-order valence-corrected chi connectivity index (χ3v) is 5.89. The maximum atomic E-state index is 14.6. The second-order valence-electron chi connectivity index (χ2n) is 7.69. The van der Waals surface area contributed by atoms with Crippen LogP contribution in [-0.4, -0.2) is 48.6 Å². The number of likely N-dealkylation sites (tertiary alicyclic amines) is 1. The number of hydrogen-bond acceptors (Lipinski definition) is 5. The van der Waals surface area contributed by atoms with Gasteiger partial charge in [-0.25, -0.2) is 9.37 Å². The van der Waals surface area contributed by atoms with Crippen molar-refractivity contribution in [2.75, 3.05) is 27.3 Å². The van der Waals surface area contributed by atoms with E-state index in [9.17, 15) is 9.18 Å². The van der Waals surface area contributed by atoms with Crippen molar-refractivity contribution < 1.29 is 18.7 Å². The second-order valence-corrected chi connectivity index (χ2v) is 7.69. The molecule has 1 aromatic carbocycles. The van der Waals surface area contributed by atoms with E-state index in [1.165, 1.54) is 6.07 Å². The third-order valence-electron chi connectivity index (χ3n) is 5.89. The molecule has 154 valence electrons. The lowest BCUT2D eigenvalue weighted by Crippen LogP contribution is -2.47. The maximum Gasteiger partial charge on any atom is 0.242 e. The molecule has 2 aromatic rings. The van der Waals surface area contributed by atoms with E-state index in [1.807, 2.05) is 20.0 Å². The van der Waals surface area contributed by atoms with Crippen LogP contribution in [0.4, 0.5) is 4.39 Å². The van der Waals surface area contributed by atoms with Crippen LogP contribution in [0.3, 0.4) is 0 Å². The highest BCUT2D eigenvalue weighted by molar-refractivity contribution is 5.88. The average Bonchev–Trinajstić information content (AvgIpc) is 3.29. The number of hydrogen-bond donors (Lipinski definition) is 1. The molecule has 2 fully saturated rings. The molecular weight excluding hydrogens is 373 g/mol. The molecule has 29 heavy (non-hydrogen) atoms. The first-order valence-corrected chi connectivity index (χ1v) is 9.98. The van der Waals surface area contributed by atoms with E-state index in [-0.39, 0.29) is 17.8 Å². The number of amides is 1. The molecule has 0 radical (unpaired) electrons. The Bertz CT molecular complexity index is 936. The van der Waals surface area contributed by atoms with Gasteiger partial charge in [-0.2, -0.15) is 0 Å². The Morgan fingerprint density at radius 3 is 2.83 bits per heavy atom. The quantitative estimate of drug-likeness (QED) is 0.836. The molecule has 1 spiro atoms. The first-order chi connectivity index (χ1) is 14.0. The van der Waals surface area contributed by atoms with Gasteiger partial charge in [0.05, 0.1) is 25.5 Å². The Morgan fingerprint density at radius 1 is 1.31 bits per heavy atom. The van der Waals surface area contributed by atoms with E-state index in [2.05, 4.69) is 10.3 Å². The minimum absolute atomic E-state index is 0.0857.